The monoisotopic (exact) mass is 495 g/mol. The van der Waals surface area contributed by atoms with Crippen molar-refractivity contribution < 1.29 is 20.0 Å². The first-order chi connectivity index (χ1) is 12.7. The summed E-state index contributed by atoms with van der Waals surface area (Å²) in [6.45, 7) is 9.36. The molecule has 1 aliphatic rings. The molecule has 0 unspecified atom stereocenters. The van der Waals surface area contributed by atoms with E-state index in [1.807, 2.05) is 45.0 Å². The normalized spacial score (nSPS) is 15.9. The molecule has 0 aliphatic carbocycles. The Morgan fingerprint density at radius 1 is 1.15 bits per heavy atom. The summed E-state index contributed by atoms with van der Waals surface area (Å²) in [5.41, 5.74) is 1.53. The van der Waals surface area contributed by atoms with Crippen LogP contribution in [0.5, 0.6) is 0 Å². The van der Waals surface area contributed by atoms with Crippen molar-refractivity contribution in [3.8, 4) is 11.3 Å². The molecular weight excluding hydrogens is 475 g/mol. The first-order valence-electron chi connectivity index (χ1n) is 8.70. The molecule has 1 aromatic heterocycles. The summed E-state index contributed by atoms with van der Waals surface area (Å²) >= 11 is 14.1. The van der Waals surface area contributed by atoms with E-state index in [9.17, 15) is 0 Å². The van der Waals surface area contributed by atoms with E-state index in [1.54, 1.807) is 6.20 Å². The molecule has 5 nitrogen and oxygen atoms in total. The summed E-state index contributed by atoms with van der Waals surface area (Å²) in [6.07, 6.45) is 1.80. The van der Waals surface area contributed by atoms with Gasteiger partial charge in [-0.05, 0) is 0 Å². The second-order valence-electron chi connectivity index (χ2n) is 7.30. The number of ether oxygens (including phenoxy) is 1. The Bertz CT molecular complexity index is 817. The van der Waals surface area contributed by atoms with Gasteiger partial charge in [0.15, 0.2) is 0 Å². The third-order valence-electron chi connectivity index (χ3n) is 4.06. The number of benzene rings is 1. The van der Waals surface area contributed by atoms with Crippen molar-refractivity contribution in [2.45, 2.75) is 26.4 Å². The fourth-order valence-corrected chi connectivity index (χ4v) is 3.81. The van der Waals surface area contributed by atoms with Crippen LogP contribution in [-0.2, 0) is 20.0 Å². The van der Waals surface area contributed by atoms with Gasteiger partial charge in [-0.2, -0.15) is 0 Å². The summed E-state index contributed by atoms with van der Waals surface area (Å²) in [4.78, 5) is 13.7. The van der Waals surface area contributed by atoms with Gasteiger partial charge in [0.2, 0.25) is 0 Å². The fraction of sp³-hybridized carbons (Fsp3) is 0.421. The van der Waals surface area contributed by atoms with E-state index >= 15 is 0 Å². The SMILES string of the molecule is CC(C)(C)O[C](=[Co])N1CCN(c2cnc(Br)c(-c3ccc(Cl)cc3)n2)CC1. The summed E-state index contributed by atoms with van der Waals surface area (Å²) in [5.74, 6) is 0.861. The molecule has 1 aliphatic heterocycles. The van der Waals surface area contributed by atoms with Gasteiger partial charge in [0, 0.05) is 0 Å². The molecular formula is C19H22BrClCoN4O. The van der Waals surface area contributed by atoms with E-state index in [0.29, 0.717) is 9.79 Å². The van der Waals surface area contributed by atoms with Gasteiger partial charge < -0.3 is 0 Å². The number of nitrogens with zero attached hydrogens (tertiary/aromatic N) is 4. The van der Waals surface area contributed by atoms with Crippen LogP contribution in [0, 0.1) is 0 Å². The minimum atomic E-state index is -0.253. The Kier molecular flexibility index (Phi) is 6.71. The number of hydrogen-bond donors (Lipinski definition) is 0. The molecule has 0 saturated carbocycles. The molecule has 0 atom stereocenters. The van der Waals surface area contributed by atoms with Gasteiger partial charge in [-0.1, -0.05) is 11.6 Å². The standard InChI is InChI=1S/C19H22BrClN4O.Co/c1-19(2,3)26-13-24-8-10-25(11-9-24)16-12-22-18(20)17(23-16)14-4-6-15(21)7-5-14;/h4-7,12H,8-11H2,1-3H3;. The summed E-state index contributed by atoms with van der Waals surface area (Å²) in [7, 11) is 0. The molecule has 27 heavy (non-hydrogen) atoms. The average molecular weight is 497 g/mol. The second-order valence-corrected chi connectivity index (χ2v) is 8.93. The molecule has 1 fully saturated rings. The third-order valence-corrected chi connectivity index (χ3v) is 5.32. The van der Waals surface area contributed by atoms with E-state index in [-0.39, 0.29) is 5.60 Å². The van der Waals surface area contributed by atoms with Crippen LogP contribution in [0.15, 0.2) is 35.1 Å². The van der Waals surface area contributed by atoms with Crippen molar-refractivity contribution in [3.63, 3.8) is 0 Å². The number of hydrogen-bond acceptors (Lipinski definition) is 5. The molecule has 2 aromatic rings. The Balaban J connectivity index is 1.71. The van der Waals surface area contributed by atoms with E-state index in [0.717, 1.165) is 47.9 Å². The van der Waals surface area contributed by atoms with Gasteiger partial charge in [0.25, 0.3) is 0 Å². The molecule has 0 spiro atoms. The Hall–Kier alpha value is -0.834. The van der Waals surface area contributed by atoms with Gasteiger partial charge in [0.05, 0.1) is 0 Å². The molecule has 0 amide bonds. The van der Waals surface area contributed by atoms with Crippen LogP contribution in [0.2, 0.25) is 5.02 Å². The fourth-order valence-electron chi connectivity index (χ4n) is 2.71. The summed E-state index contributed by atoms with van der Waals surface area (Å²) in [6, 6.07) is 7.61. The van der Waals surface area contributed by atoms with Crippen LogP contribution < -0.4 is 4.90 Å². The molecule has 0 bridgehead atoms. The van der Waals surface area contributed by atoms with Crippen LogP contribution in [0.3, 0.4) is 0 Å². The van der Waals surface area contributed by atoms with Crippen molar-refractivity contribution in [1.82, 2.24) is 14.9 Å². The average Bonchev–Trinajstić information content (AvgIpc) is 2.62. The van der Waals surface area contributed by atoms with Crippen molar-refractivity contribution in [2.75, 3.05) is 31.1 Å². The molecule has 1 saturated heterocycles. The molecule has 8 heteroatoms. The molecule has 0 radical (unpaired) electrons. The maximum absolute atomic E-state index is 5.99. The molecule has 0 N–H and O–H groups in total. The Morgan fingerprint density at radius 3 is 2.37 bits per heavy atom. The van der Waals surface area contributed by atoms with Crippen molar-refractivity contribution >= 4 is 38.1 Å². The van der Waals surface area contributed by atoms with Crippen molar-refractivity contribution in [2.24, 2.45) is 0 Å². The Labute approximate surface area is 181 Å². The van der Waals surface area contributed by atoms with Gasteiger partial charge in [-0.15, -0.1) is 0 Å². The predicted octanol–water partition coefficient (Wildman–Crippen LogP) is 4.13. The topological polar surface area (TPSA) is 41.5 Å². The van der Waals surface area contributed by atoms with E-state index < -0.39 is 0 Å². The van der Waals surface area contributed by atoms with Gasteiger partial charge in [-0.25, -0.2) is 0 Å². The number of piperazine rings is 1. The number of halogens is 2. The maximum atomic E-state index is 5.99. The van der Waals surface area contributed by atoms with Crippen LogP contribution in [0.25, 0.3) is 11.3 Å². The van der Waals surface area contributed by atoms with E-state index in [2.05, 4.69) is 46.0 Å². The summed E-state index contributed by atoms with van der Waals surface area (Å²) < 4.78 is 7.24. The molecule has 3 rings (SSSR count). The number of rotatable bonds is 4. The van der Waals surface area contributed by atoms with Crippen LogP contribution in [0.1, 0.15) is 20.8 Å². The van der Waals surface area contributed by atoms with Gasteiger partial charge in [0.1, 0.15) is 0 Å². The zero-order valence-corrected chi connectivity index (χ0v) is 18.9. The van der Waals surface area contributed by atoms with Crippen molar-refractivity contribution in [3.05, 3.63) is 40.1 Å². The zero-order chi connectivity index (χ0) is 19.6. The summed E-state index contributed by atoms with van der Waals surface area (Å²) in [5, 5.41) is 0.700. The van der Waals surface area contributed by atoms with Gasteiger partial charge >= 0.3 is 170 Å². The van der Waals surface area contributed by atoms with Crippen molar-refractivity contribution in [1.29, 1.82) is 0 Å². The first-order valence-corrected chi connectivity index (χ1v) is 10.4. The number of anilines is 1. The predicted molar refractivity (Wildman–Crippen MR) is 110 cm³/mol. The van der Waals surface area contributed by atoms with E-state index in [4.69, 9.17) is 21.3 Å². The van der Waals surface area contributed by atoms with E-state index in [1.165, 1.54) is 0 Å². The molecule has 147 valence electrons. The molecule has 1 aromatic carbocycles. The van der Waals surface area contributed by atoms with Crippen LogP contribution in [-0.4, -0.2) is 51.4 Å². The minimum absolute atomic E-state index is 0.253. The second kappa shape index (κ2) is 8.67. The Morgan fingerprint density at radius 2 is 1.78 bits per heavy atom. The zero-order valence-electron chi connectivity index (χ0n) is 15.5. The molecule has 2 heterocycles. The third kappa shape index (κ3) is 5.59. The number of aromatic nitrogens is 2. The van der Waals surface area contributed by atoms with Crippen LogP contribution in [0.4, 0.5) is 5.82 Å². The quantitative estimate of drug-likeness (QED) is 0.637. The van der Waals surface area contributed by atoms with Gasteiger partial charge in [-0.3, -0.25) is 0 Å². The van der Waals surface area contributed by atoms with Crippen LogP contribution >= 0.6 is 27.5 Å². The first kappa shape index (κ1) is 20.9.